The van der Waals surface area contributed by atoms with Crippen LogP contribution in [0.15, 0.2) is 36.4 Å². The van der Waals surface area contributed by atoms with Crippen molar-refractivity contribution in [3.05, 3.63) is 52.3 Å². The molecule has 0 saturated heterocycles. The third-order valence-electron chi connectivity index (χ3n) is 2.53. The van der Waals surface area contributed by atoms with Crippen molar-refractivity contribution in [2.24, 2.45) is 0 Å². The summed E-state index contributed by atoms with van der Waals surface area (Å²) >= 11 is 11.7. The van der Waals surface area contributed by atoms with E-state index in [4.69, 9.17) is 33.7 Å². The molecule has 1 amide bonds. The molecule has 3 N–H and O–H groups in total. The number of hydrogen-bond donors (Lipinski definition) is 2. The lowest BCUT2D eigenvalue weighted by Crippen LogP contribution is -2.20. The number of carbonyl (C=O) groups is 1. The van der Waals surface area contributed by atoms with Crippen molar-refractivity contribution in [2.75, 3.05) is 17.7 Å². The molecule has 0 fully saturated rings. The second-order valence-corrected chi connectivity index (χ2v) is 4.99. The van der Waals surface area contributed by atoms with Gasteiger partial charge in [0.15, 0.2) is 6.61 Å². The molecule has 0 bridgehead atoms. The van der Waals surface area contributed by atoms with Crippen LogP contribution < -0.4 is 15.8 Å². The fourth-order valence-corrected chi connectivity index (χ4v) is 1.88. The van der Waals surface area contributed by atoms with Crippen LogP contribution in [0.2, 0.25) is 10.0 Å². The summed E-state index contributed by atoms with van der Waals surface area (Å²) < 4.78 is 18.3. The Morgan fingerprint density at radius 3 is 2.71 bits per heavy atom. The molecule has 2 rings (SSSR count). The van der Waals surface area contributed by atoms with Crippen molar-refractivity contribution in [1.82, 2.24) is 0 Å². The zero-order valence-electron chi connectivity index (χ0n) is 10.7. The number of halogens is 3. The minimum Gasteiger partial charge on any atom is -0.482 e. The van der Waals surface area contributed by atoms with E-state index in [2.05, 4.69) is 5.32 Å². The van der Waals surface area contributed by atoms with Gasteiger partial charge in [0, 0.05) is 16.8 Å². The van der Waals surface area contributed by atoms with E-state index >= 15 is 0 Å². The topological polar surface area (TPSA) is 64.3 Å². The number of nitrogens with one attached hydrogen (secondary N) is 1. The van der Waals surface area contributed by atoms with Gasteiger partial charge in [0.25, 0.3) is 5.91 Å². The second kappa shape index (κ2) is 6.65. The number of nitrogens with two attached hydrogens (primary N) is 1. The highest BCUT2D eigenvalue weighted by Crippen LogP contribution is 2.27. The lowest BCUT2D eigenvalue weighted by atomic mass is 10.2. The van der Waals surface area contributed by atoms with E-state index in [0.717, 1.165) is 0 Å². The maximum atomic E-state index is 13.0. The summed E-state index contributed by atoms with van der Waals surface area (Å²) in [6.45, 7) is -0.267. The minimum absolute atomic E-state index is 0.0494. The summed E-state index contributed by atoms with van der Waals surface area (Å²) in [5, 5.41) is 3.32. The van der Waals surface area contributed by atoms with Crippen molar-refractivity contribution in [3.63, 3.8) is 0 Å². The molecular weight excluding hydrogens is 318 g/mol. The molecule has 0 unspecified atom stereocenters. The van der Waals surface area contributed by atoms with E-state index in [0.29, 0.717) is 21.5 Å². The summed E-state index contributed by atoms with van der Waals surface area (Å²) in [5.74, 6) is -0.676. The van der Waals surface area contributed by atoms with E-state index in [-0.39, 0.29) is 12.3 Å². The van der Waals surface area contributed by atoms with Crippen LogP contribution in [0.1, 0.15) is 0 Å². The van der Waals surface area contributed by atoms with Gasteiger partial charge in [-0.2, -0.15) is 0 Å². The minimum atomic E-state index is -0.546. The van der Waals surface area contributed by atoms with Gasteiger partial charge in [0.2, 0.25) is 0 Å². The van der Waals surface area contributed by atoms with Gasteiger partial charge in [-0.1, -0.05) is 23.2 Å². The van der Waals surface area contributed by atoms with Gasteiger partial charge >= 0.3 is 0 Å². The number of ether oxygens (including phenoxy) is 1. The van der Waals surface area contributed by atoms with Crippen molar-refractivity contribution >= 4 is 40.5 Å². The number of carbonyl (C=O) groups excluding carboxylic acids is 1. The lowest BCUT2D eigenvalue weighted by molar-refractivity contribution is -0.118. The Labute approximate surface area is 130 Å². The Balaban J connectivity index is 1.95. The first kappa shape index (κ1) is 15.4. The first-order chi connectivity index (χ1) is 9.95. The highest BCUT2D eigenvalue weighted by atomic mass is 35.5. The summed E-state index contributed by atoms with van der Waals surface area (Å²) in [4.78, 5) is 11.7. The van der Waals surface area contributed by atoms with E-state index in [9.17, 15) is 9.18 Å². The van der Waals surface area contributed by atoms with Gasteiger partial charge < -0.3 is 15.8 Å². The fraction of sp³-hybridized carbons (Fsp3) is 0.0714. The SMILES string of the molecule is Nc1cc(NC(=O)COc2cc(Cl)ccc2Cl)ccc1F. The Hall–Kier alpha value is -1.98. The maximum Gasteiger partial charge on any atom is 0.262 e. The summed E-state index contributed by atoms with van der Waals surface area (Å²) in [6, 6.07) is 8.57. The van der Waals surface area contributed by atoms with Crippen LogP contribution in [0.4, 0.5) is 15.8 Å². The molecule has 0 spiro atoms. The Kier molecular flexibility index (Phi) is 4.88. The third kappa shape index (κ3) is 4.24. The van der Waals surface area contributed by atoms with Crippen molar-refractivity contribution in [3.8, 4) is 5.75 Å². The van der Waals surface area contributed by atoms with Gasteiger partial charge in [-0.25, -0.2) is 4.39 Å². The number of rotatable bonds is 4. The number of hydrogen-bond acceptors (Lipinski definition) is 3. The largest absolute Gasteiger partial charge is 0.482 e. The third-order valence-corrected chi connectivity index (χ3v) is 3.08. The first-order valence-electron chi connectivity index (χ1n) is 5.88. The van der Waals surface area contributed by atoms with Crippen LogP contribution in [0, 0.1) is 5.82 Å². The molecule has 7 heteroatoms. The molecule has 0 aromatic heterocycles. The van der Waals surface area contributed by atoms with Crippen molar-refractivity contribution in [1.29, 1.82) is 0 Å². The summed E-state index contributed by atoms with van der Waals surface area (Å²) in [5.41, 5.74) is 5.73. The summed E-state index contributed by atoms with van der Waals surface area (Å²) in [6.07, 6.45) is 0. The van der Waals surface area contributed by atoms with Crippen LogP contribution in [-0.2, 0) is 4.79 Å². The number of nitrogen functional groups attached to an aromatic ring is 1. The maximum absolute atomic E-state index is 13.0. The number of amides is 1. The predicted molar refractivity (Wildman–Crippen MR) is 81.4 cm³/mol. The monoisotopic (exact) mass is 328 g/mol. The van der Waals surface area contributed by atoms with Gasteiger partial charge in [-0.3, -0.25) is 4.79 Å². The lowest BCUT2D eigenvalue weighted by Gasteiger charge is -2.09. The van der Waals surface area contributed by atoms with Gasteiger partial charge in [-0.05, 0) is 30.3 Å². The number of anilines is 2. The van der Waals surface area contributed by atoms with Crippen molar-refractivity contribution < 1.29 is 13.9 Å². The molecule has 2 aromatic rings. The highest BCUT2D eigenvalue weighted by molar-refractivity contribution is 6.34. The zero-order valence-corrected chi connectivity index (χ0v) is 12.2. The molecule has 0 aliphatic rings. The molecule has 0 heterocycles. The quantitative estimate of drug-likeness (QED) is 0.840. The van der Waals surface area contributed by atoms with E-state index in [1.807, 2.05) is 0 Å². The molecule has 0 aliphatic carbocycles. The second-order valence-electron chi connectivity index (χ2n) is 4.15. The van der Waals surface area contributed by atoms with Gasteiger partial charge in [-0.15, -0.1) is 0 Å². The van der Waals surface area contributed by atoms with E-state index < -0.39 is 11.7 Å². The van der Waals surface area contributed by atoms with Crippen LogP contribution in [0.5, 0.6) is 5.75 Å². The molecule has 21 heavy (non-hydrogen) atoms. The van der Waals surface area contributed by atoms with E-state index in [1.165, 1.54) is 24.3 Å². The average Bonchev–Trinajstić information content (AvgIpc) is 2.44. The summed E-state index contributed by atoms with van der Waals surface area (Å²) in [7, 11) is 0. The predicted octanol–water partition coefficient (Wildman–Crippen LogP) is 3.73. The van der Waals surface area contributed by atoms with E-state index in [1.54, 1.807) is 12.1 Å². The average molecular weight is 329 g/mol. The Bertz CT molecular complexity index is 680. The van der Waals surface area contributed by atoms with Crippen LogP contribution >= 0.6 is 23.2 Å². The Morgan fingerprint density at radius 2 is 2.00 bits per heavy atom. The molecule has 0 saturated carbocycles. The normalized spacial score (nSPS) is 10.2. The molecule has 0 radical (unpaired) electrons. The first-order valence-corrected chi connectivity index (χ1v) is 6.64. The number of benzene rings is 2. The standard InChI is InChI=1S/C14H11Cl2FN2O2/c15-8-1-3-10(16)13(5-8)21-7-14(20)19-9-2-4-11(17)12(18)6-9/h1-6H,7,18H2,(H,19,20). The molecular formula is C14H11Cl2FN2O2. The molecule has 0 aliphatic heterocycles. The highest BCUT2D eigenvalue weighted by Gasteiger charge is 2.08. The fourth-order valence-electron chi connectivity index (χ4n) is 1.55. The van der Waals surface area contributed by atoms with Crippen LogP contribution in [0.3, 0.4) is 0 Å². The molecule has 2 aromatic carbocycles. The van der Waals surface area contributed by atoms with Gasteiger partial charge in [0.05, 0.1) is 10.7 Å². The molecule has 0 atom stereocenters. The zero-order chi connectivity index (χ0) is 15.4. The Morgan fingerprint density at radius 1 is 1.24 bits per heavy atom. The van der Waals surface area contributed by atoms with Gasteiger partial charge in [0.1, 0.15) is 11.6 Å². The smallest absolute Gasteiger partial charge is 0.262 e. The van der Waals surface area contributed by atoms with Crippen LogP contribution in [0.25, 0.3) is 0 Å². The molecule has 4 nitrogen and oxygen atoms in total. The molecule has 110 valence electrons. The van der Waals surface area contributed by atoms with Crippen LogP contribution in [-0.4, -0.2) is 12.5 Å². The van der Waals surface area contributed by atoms with Crippen molar-refractivity contribution in [2.45, 2.75) is 0 Å².